The molecule has 0 aliphatic carbocycles. The van der Waals surface area contributed by atoms with Gasteiger partial charge in [0.15, 0.2) is 0 Å². The molecule has 0 atom stereocenters. The third kappa shape index (κ3) is 3.24. The molecular formula is C6H8N2O4S. The number of ether oxygens (including phenoxy) is 1. The van der Waals surface area contributed by atoms with E-state index in [0.29, 0.717) is 5.88 Å². The van der Waals surface area contributed by atoms with Gasteiger partial charge in [0.1, 0.15) is 0 Å². The van der Waals surface area contributed by atoms with Gasteiger partial charge in [-0.15, -0.1) is 10.2 Å². The first-order chi connectivity index (χ1) is 6.01. The largest absolute Gasteiger partial charge is 0.480 e. The highest BCUT2D eigenvalue weighted by Gasteiger charge is 2.05. The molecule has 1 aromatic heterocycles. The number of methoxy groups -OCH3 is 1. The van der Waals surface area contributed by atoms with Gasteiger partial charge in [0, 0.05) is 12.1 Å². The molecule has 1 aromatic rings. The number of hydrogen-bond donors (Lipinski definition) is 0. The number of nitrogens with zero attached hydrogens (tertiary/aromatic N) is 2. The summed E-state index contributed by atoms with van der Waals surface area (Å²) in [7, 11) is -2.11. The Hall–Kier alpha value is -1.37. The lowest BCUT2D eigenvalue weighted by molar-refractivity contribution is 0.387. The molecule has 0 spiro atoms. The minimum absolute atomic E-state index is 0.0803. The zero-order chi connectivity index (χ0) is 9.90. The fourth-order valence-corrected chi connectivity index (χ4v) is 1.02. The van der Waals surface area contributed by atoms with E-state index < -0.39 is 10.1 Å². The van der Waals surface area contributed by atoms with E-state index in [9.17, 15) is 8.42 Å². The molecule has 7 heteroatoms. The highest BCUT2D eigenvalue weighted by atomic mass is 32.2. The van der Waals surface area contributed by atoms with Crippen molar-refractivity contribution in [2.45, 2.75) is 0 Å². The highest BCUT2D eigenvalue weighted by molar-refractivity contribution is 7.86. The van der Waals surface area contributed by atoms with Crippen molar-refractivity contribution in [3.63, 3.8) is 0 Å². The second-order valence-electron chi connectivity index (χ2n) is 2.20. The Balaban J connectivity index is 2.81. The molecule has 0 N–H and O–H groups in total. The van der Waals surface area contributed by atoms with E-state index in [4.69, 9.17) is 4.74 Å². The van der Waals surface area contributed by atoms with E-state index in [1.165, 1.54) is 19.2 Å². The molecule has 0 aromatic carbocycles. The van der Waals surface area contributed by atoms with Crippen LogP contribution >= 0.6 is 0 Å². The Morgan fingerprint density at radius 3 is 2.15 bits per heavy atom. The molecule has 0 unspecified atom stereocenters. The minimum Gasteiger partial charge on any atom is -0.480 e. The maximum Gasteiger partial charge on any atom is 0.307 e. The first-order valence-corrected chi connectivity index (χ1v) is 5.10. The average Bonchev–Trinajstić information content (AvgIpc) is 2.03. The maximum absolute atomic E-state index is 10.6. The van der Waals surface area contributed by atoms with Gasteiger partial charge in [0.05, 0.1) is 13.4 Å². The van der Waals surface area contributed by atoms with Crippen LogP contribution in [0.3, 0.4) is 0 Å². The van der Waals surface area contributed by atoms with Gasteiger partial charge in [-0.3, -0.25) is 0 Å². The molecule has 0 bridgehead atoms. The van der Waals surface area contributed by atoms with E-state index in [1.54, 1.807) is 0 Å². The van der Waals surface area contributed by atoms with E-state index in [1.807, 2.05) is 0 Å². The summed E-state index contributed by atoms with van der Waals surface area (Å²) in [6.07, 6.45) is 0.929. The summed E-state index contributed by atoms with van der Waals surface area (Å²) in [5.74, 6) is 0.212. The lowest BCUT2D eigenvalue weighted by Crippen LogP contribution is -2.07. The fourth-order valence-electron chi connectivity index (χ4n) is 0.616. The number of aromatic nitrogens is 2. The molecule has 0 aliphatic rings. The van der Waals surface area contributed by atoms with Crippen molar-refractivity contribution in [2.75, 3.05) is 13.4 Å². The summed E-state index contributed by atoms with van der Waals surface area (Å²) in [6, 6.07) is 2.81. The molecule has 0 amide bonds. The summed E-state index contributed by atoms with van der Waals surface area (Å²) in [5.41, 5.74) is 0. The van der Waals surface area contributed by atoms with E-state index in [2.05, 4.69) is 14.4 Å². The quantitative estimate of drug-likeness (QED) is 0.636. The van der Waals surface area contributed by atoms with E-state index in [-0.39, 0.29) is 5.88 Å². The number of rotatable bonds is 3. The minimum atomic E-state index is -3.54. The van der Waals surface area contributed by atoms with Crippen LogP contribution in [0.15, 0.2) is 12.1 Å². The summed E-state index contributed by atoms with van der Waals surface area (Å²) >= 11 is 0. The molecule has 1 heterocycles. The van der Waals surface area contributed by atoms with Gasteiger partial charge in [-0.1, -0.05) is 0 Å². The van der Waals surface area contributed by atoms with Crippen LogP contribution in [0.4, 0.5) is 0 Å². The fraction of sp³-hybridized carbons (Fsp3) is 0.333. The SMILES string of the molecule is COc1ccc(OS(C)(=O)=O)nn1. The monoisotopic (exact) mass is 204 g/mol. The second-order valence-corrected chi connectivity index (χ2v) is 3.78. The van der Waals surface area contributed by atoms with Crippen LogP contribution in [0.5, 0.6) is 11.8 Å². The van der Waals surface area contributed by atoms with E-state index >= 15 is 0 Å². The average molecular weight is 204 g/mol. The van der Waals surface area contributed by atoms with Crippen molar-refractivity contribution in [3.05, 3.63) is 12.1 Å². The lowest BCUT2D eigenvalue weighted by atomic mass is 10.5. The Morgan fingerprint density at radius 1 is 1.23 bits per heavy atom. The Morgan fingerprint density at radius 2 is 1.77 bits per heavy atom. The van der Waals surface area contributed by atoms with Crippen molar-refractivity contribution in [3.8, 4) is 11.8 Å². The van der Waals surface area contributed by atoms with Gasteiger partial charge in [0.25, 0.3) is 5.88 Å². The van der Waals surface area contributed by atoms with Gasteiger partial charge in [-0.2, -0.15) is 8.42 Å². The van der Waals surface area contributed by atoms with Crippen molar-refractivity contribution in [2.24, 2.45) is 0 Å². The summed E-state index contributed by atoms with van der Waals surface area (Å²) < 4.78 is 30.4. The predicted octanol–water partition coefficient (Wildman–Crippen LogP) is -0.176. The predicted molar refractivity (Wildman–Crippen MR) is 44.1 cm³/mol. The van der Waals surface area contributed by atoms with Crippen molar-refractivity contribution in [1.29, 1.82) is 0 Å². The molecule has 0 radical (unpaired) electrons. The Labute approximate surface area is 75.6 Å². The molecule has 0 fully saturated rings. The third-order valence-corrected chi connectivity index (χ3v) is 1.54. The summed E-state index contributed by atoms with van der Waals surface area (Å²) in [5, 5.41) is 6.98. The highest BCUT2D eigenvalue weighted by Crippen LogP contribution is 2.10. The second kappa shape index (κ2) is 3.56. The van der Waals surface area contributed by atoms with Crippen LogP contribution in [-0.2, 0) is 10.1 Å². The van der Waals surface area contributed by atoms with Gasteiger partial charge in [-0.25, -0.2) is 0 Å². The van der Waals surface area contributed by atoms with Gasteiger partial charge >= 0.3 is 10.1 Å². The molecule has 72 valence electrons. The summed E-state index contributed by atoms with van der Waals surface area (Å²) in [4.78, 5) is 0. The molecule has 0 saturated carbocycles. The Kier molecular flexibility index (Phi) is 2.66. The zero-order valence-electron chi connectivity index (χ0n) is 7.09. The molecule has 13 heavy (non-hydrogen) atoms. The van der Waals surface area contributed by atoms with Crippen LogP contribution in [-0.4, -0.2) is 32.0 Å². The van der Waals surface area contributed by atoms with Gasteiger partial charge in [-0.05, 0) is 0 Å². The normalized spacial score (nSPS) is 10.9. The molecule has 6 nitrogen and oxygen atoms in total. The molecule has 1 rings (SSSR count). The molecule has 0 saturated heterocycles. The smallest absolute Gasteiger partial charge is 0.307 e. The molecular weight excluding hydrogens is 196 g/mol. The lowest BCUT2D eigenvalue weighted by Gasteiger charge is -2.00. The topological polar surface area (TPSA) is 78.4 Å². The Bertz CT molecular complexity index is 372. The van der Waals surface area contributed by atoms with Crippen molar-refractivity contribution < 1.29 is 17.3 Å². The van der Waals surface area contributed by atoms with Gasteiger partial charge < -0.3 is 8.92 Å². The van der Waals surface area contributed by atoms with E-state index in [0.717, 1.165) is 6.26 Å². The molecule has 0 aliphatic heterocycles. The van der Waals surface area contributed by atoms with Crippen molar-refractivity contribution in [1.82, 2.24) is 10.2 Å². The van der Waals surface area contributed by atoms with Crippen LogP contribution in [0, 0.1) is 0 Å². The number of hydrogen-bond acceptors (Lipinski definition) is 6. The van der Waals surface area contributed by atoms with Crippen molar-refractivity contribution >= 4 is 10.1 Å². The summed E-state index contributed by atoms with van der Waals surface area (Å²) in [6.45, 7) is 0. The maximum atomic E-state index is 10.6. The first-order valence-electron chi connectivity index (χ1n) is 3.28. The standard InChI is InChI=1S/C6H8N2O4S/c1-11-5-3-4-6(8-7-5)12-13(2,9)10/h3-4H,1-2H3. The van der Waals surface area contributed by atoms with Crippen LogP contribution in [0.1, 0.15) is 0 Å². The van der Waals surface area contributed by atoms with Crippen LogP contribution < -0.4 is 8.92 Å². The van der Waals surface area contributed by atoms with Crippen LogP contribution in [0.2, 0.25) is 0 Å². The van der Waals surface area contributed by atoms with Gasteiger partial charge in [0.2, 0.25) is 5.88 Å². The van der Waals surface area contributed by atoms with Crippen LogP contribution in [0.25, 0.3) is 0 Å². The zero-order valence-corrected chi connectivity index (χ0v) is 7.91. The third-order valence-electron chi connectivity index (χ3n) is 1.06. The first kappa shape index (κ1) is 9.72.